The summed E-state index contributed by atoms with van der Waals surface area (Å²) in [6.45, 7) is 30.0. The molecule has 1 saturated heterocycles. The fourth-order valence-corrected chi connectivity index (χ4v) is 10.9. The molecule has 1 fully saturated rings. The molecule has 1 aliphatic rings. The standard InChI is InChI=1S/C62H111N11O11S/c1-25-27-28-40(15)52(75)51-55(78)65-43(26-2)58(80)67(18)33-48(74)68(19)44(29-34(3)4)54(77)66-49(38(11)12)61(83)69(20)45(30-35(5)6)53(76)63-41(16)56(85)64-42(17)57(79)70(21)46(31-36(7)8)59(81)71(22)47(32-37(9)10)60(82)72(23)50(39(13)14)62(84)73(51)24/h25,27,34-47,49-52,75H,26,28-33H2,1-24H3,(H,63,76)(H,64,85)(H,65,78)(H,66,77)/b27-25+/t40-,41-,42-,43+,44+,45+,46+,47+,49+,50+,51+,52-/m1/s1. The zero-order valence-electron chi connectivity index (χ0n) is 56.1. The maximum Gasteiger partial charge on any atom is 0.246 e. The van der Waals surface area contributed by atoms with E-state index in [-0.39, 0.29) is 60.8 Å². The van der Waals surface area contributed by atoms with Crippen molar-refractivity contribution in [2.24, 2.45) is 41.4 Å². The zero-order chi connectivity index (χ0) is 66.0. The normalized spacial score (nSPS) is 26.9. The second kappa shape index (κ2) is 35.2. The highest BCUT2D eigenvalue weighted by atomic mass is 32.1. The van der Waals surface area contributed by atoms with Crippen LogP contribution in [0, 0.1) is 41.4 Å². The number of aliphatic hydroxyl groups excluding tert-OH is 1. The Kier molecular flexibility index (Phi) is 32.0. The van der Waals surface area contributed by atoms with Crippen molar-refractivity contribution in [3.63, 3.8) is 0 Å². The van der Waals surface area contributed by atoms with Crippen molar-refractivity contribution < 1.29 is 53.1 Å². The smallest absolute Gasteiger partial charge is 0.246 e. The van der Waals surface area contributed by atoms with Gasteiger partial charge in [0.1, 0.15) is 54.4 Å². The molecule has 0 aliphatic carbocycles. The van der Waals surface area contributed by atoms with Gasteiger partial charge in [0, 0.05) is 49.3 Å². The minimum absolute atomic E-state index is 0.0321. The van der Waals surface area contributed by atoms with E-state index in [9.17, 15) is 43.5 Å². The van der Waals surface area contributed by atoms with Gasteiger partial charge in [0.25, 0.3) is 0 Å². The Hall–Kier alpha value is -5.71. The molecule has 1 heterocycles. The van der Waals surface area contributed by atoms with Crippen molar-refractivity contribution in [1.29, 1.82) is 0 Å². The zero-order valence-corrected chi connectivity index (χ0v) is 56.9. The minimum Gasteiger partial charge on any atom is -0.390 e. The van der Waals surface area contributed by atoms with Crippen LogP contribution in [0.1, 0.15) is 156 Å². The van der Waals surface area contributed by atoms with Crippen LogP contribution in [0.2, 0.25) is 0 Å². The summed E-state index contributed by atoms with van der Waals surface area (Å²) in [5.74, 6) is -8.30. The number of amides is 10. The highest BCUT2D eigenvalue weighted by Gasteiger charge is 2.45. The van der Waals surface area contributed by atoms with Gasteiger partial charge in [-0.05, 0) is 101 Å². The lowest BCUT2D eigenvalue weighted by atomic mass is 9.91. The number of hydrogen-bond acceptors (Lipinski definition) is 12. The summed E-state index contributed by atoms with van der Waals surface area (Å²) < 4.78 is 0. The fraction of sp³-hybridized carbons (Fsp3) is 0.790. The van der Waals surface area contributed by atoms with Crippen molar-refractivity contribution in [3.05, 3.63) is 12.2 Å². The molecule has 0 aromatic heterocycles. The Morgan fingerprint density at radius 2 is 0.918 bits per heavy atom. The van der Waals surface area contributed by atoms with E-state index in [4.69, 9.17) is 12.2 Å². The Balaban J connectivity index is 4.32. The van der Waals surface area contributed by atoms with E-state index in [0.29, 0.717) is 6.42 Å². The summed E-state index contributed by atoms with van der Waals surface area (Å²) in [5, 5.41) is 23.7. The average molecular weight is 1220 g/mol. The van der Waals surface area contributed by atoms with E-state index in [1.165, 1.54) is 73.8 Å². The van der Waals surface area contributed by atoms with Gasteiger partial charge in [0.2, 0.25) is 59.1 Å². The van der Waals surface area contributed by atoms with Crippen LogP contribution >= 0.6 is 12.2 Å². The molecule has 0 saturated carbocycles. The number of carbonyl (C=O) groups is 10. The number of aliphatic hydroxyl groups is 1. The number of nitrogens with zero attached hydrogens (tertiary/aromatic N) is 7. The fourth-order valence-electron chi connectivity index (χ4n) is 10.7. The van der Waals surface area contributed by atoms with Crippen molar-refractivity contribution in [1.82, 2.24) is 55.6 Å². The molecule has 23 heteroatoms. The molecular weight excluding hydrogens is 1110 g/mol. The number of rotatable bonds is 15. The van der Waals surface area contributed by atoms with Gasteiger partial charge in [-0.25, -0.2) is 0 Å². The van der Waals surface area contributed by atoms with Crippen molar-refractivity contribution >= 4 is 76.3 Å². The molecule has 10 amide bonds. The molecule has 0 aromatic carbocycles. The molecule has 85 heavy (non-hydrogen) atoms. The highest BCUT2D eigenvalue weighted by molar-refractivity contribution is 7.80. The van der Waals surface area contributed by atoms with Crippen LogP contribution in [0.4, 0.5) is 0 Å². The van der Waals surface area contributed by atoms with Crippen LogP contribution in [-0.2, 0) is 47.9 Å². The second-order valence-electron chi connectivity index (χ2n) is 26.1. The van der Waals surface area contributed by atoms with Crippen LogP contribution in [0.5, 0.6) is 0 Å². The third-order valence-corrected chi connectivity index (χ3v) is 16.5. The number of carbonyl (C=O) groups excluding carboxylic acids is 10. The molecular formula is C62H111N11O11S. The molecule has 0 unspecified atom stereocenters. The van der Waals surface area contributed by atoms with E-state index in [1.54, 1.807) is 61.5 Å². The summed E-state index contributed by atoms with van der Waals surface area (Å²) in [5.41, 5.74) is 0. The van der Waals surface area contributed by atoms with Gasteiger partial charge in [-0.15, -0.1) is 0 Å². The summed E-state index contributed by atoms with van der Waals surface area (Å²) >= 11 is 5.78. The van der Waals surface area contributed by atoms with Crippen LogP contribution in [0.3, 0.4) is 0 Å². The predicted molar refractivity (Wildman–Crippen MR) is 336 cm³/mol. The van der Waals surface area contributed by atoms with E-state index < -0.39 is 150 Å². The molecule has 0 bridgehead atoms. The van der Waals surface area contributed by atoms with Crippen LogP contribution in [-0.4, -0.2) is 226 Å². The molecule has 0 radical (unpaired) electrons. The van der Waals surface area contributed by atoms with Gasteiger partial charge in [-0.3, -0.25) is 47.9 Å². The minimum atomic E-state index is -1.60. The first-order valence-electron chi connectivity index (χ1n) is 30.6. The number of hydrogen-bond donors (Lipinski definition) is 5. The monoisotopic (exact) mass is 1220 g/mol. The molecule has 486 valence electrons. The molecule has 12 atom stereocenters. The first-order chi connectivity index (χ1) is 39.2. The Bertz CT molecular complexity index is 2330. The van der Waals surface area contributed by atoms with Crippen LogP contribution in [0.15, 0.2) is 12.2 Å². The van der Waals surface area contributed by atoms with Gasteiger partial charge >= 0.3 is 0 Å². The predicted octanol–water partition coefficient (Wildman–Crippen LogP) is 4.07. The Morgan fingerprint density at radius 1 is 0.494 bits per heavy atom. The quantitative estimate of drug-likeness (QED) is 0.115. The molecule has 0 aromatic rings. The lowest BCUT2D eigenvalue weighted by Gasteiger charge is -2.41. The third kappa shape index (κ3) is 21.9. The SMILES string of the molecule is C/C=C/C[C@@H](C)[C@@H](O)[C@H]1C(=O)N[C@@H](CC)C(=O)N(C)CC(=O)N(C)[C@@H](CC(C)C)C(=O)N[C@@H](C(C)C)C(=O)N(C)[C@@H](CC(C)C)C(=O)N[C@H](C)C(=S)N[C@H](C)C(=O)N(C)[C@@H](CC(C)C)C(=O)N(C)[C@@H](CC(C)C)C(=O)N(C)[C@@H](C(C)C)C(=O)N1C. The highest BCUT2D eigenvalue weighted by Crippen LogP contribution is 2.26. The first-order valence-corrected chi connectivity index (χ1v) is 31.0. The third-order valence-electron chi connectivity index (χ3n) is 16.1. The van der Waals surface area contributed by atoms with E-state index in [2.05, 4.69) is 21.3 Å². The number of likely N-dealkylation sites (N-methyl/N-ethyl adjacent to an activating group) is 7. The van der Waals surface area contributed by atoms with E-state index in [0.717, 1.165) is 9.80 Å². The number of thiocarbonyl (C=S) groups is 1. The average Bonchev–Trinajstić information content (AvgIpc) is 3.62. The number of nitrogens with one attached hydrogen (secondary N) is 4. The van der Waals surface area contributed by atoms with Crippen molar-refractivity contribution in [2.45, 2.75) is 223 Å². The lowest BCUT2D eigenvalue weighted by molar-refractivity contribution is -0.157. The molecule has 5 N–H and O–H groups in total. The van der Waals surface area contributed by atoms with Crippen LogP contribution in [0.25, 0.3) is 0 Å². The molecule has 1 rings (SSSR count). The lowest BCUT2D eigenvalue weighted by Crippen LogP contribution is -2.63. The van der Waals surface area contributed by atoms with E-state index >= 15 is 9.59 Å². The topological polar surface area (TPSA) is 262 Å². The maximum absolute atomic E-state index is 15.1. The molecule has 1 aliphatic heterocycles. The maximum atomic E-state index is 15.1. The van der Waals surface area contributed by atoms with Gasteiger partial charge in [-0.1, -0.05) is 121 Å². The molecule has 22 nitrogen and oxygen atoms in total. The van der Waals surface area contributed by atoms with Crippen molar-refractivity contribution in [2.75, 3.05) is 55.9 Å². The van der Waals surface area contributed by atoms with Gasteiger partial charge in [0.15, 0.2) is 0 Å². The summed E-state index contributed by atoms with van der Waals surface area (Å²) in [4.78, 5) is 155. The van der Waals surface area contributed by atoms with Gasteiger partial charge in [-0.2, -0.15) is 0 Å². The summed E-state index contributed by atoms with van der Waals surface area (Å²) in [6.07, 6.45) is 3.26. The Labute approximate surface area is 515 Å². The number of allylic oxidation sites excluding steroid dienone is 2. The molecule has 0 spiro atoms. The first kappa shape index (κ1) is 77.3. The van der Waals surface area contributed by atoms with E-state index in [1.807, 2.05) is 68.4 Å². The van der Waals surface area contributed by atoms with Crippen molar-refractivity contribution in [3.8, 4) is 0 Å². The summed E-state index contributed by atoms with van der Waals surface area (Å²) in [6, 6.07) is -11.4. The van der Waals surface area contributed by atoms with Gasteiger partial charge < -0.3 is 60.7 Å². The van der Waals surface area contributed by atoms with Crippen LogP contribution < -0.4 is 21.3 Å². The summed E-state index contributed by atoms with van der Waals surface area (Å²) in [7, 11) is 10.1. The largest absolute Gasteiger partial charge is 0.390 e. The Morgan fingerprint density at radius 3 is 1.36 bits per heavy atom. The van der Waals surface area contributed by atoms with Gasteiger partial charge in [0.05, 0.1) is 23.7 Å². The second-order valence-corrected chi connectivity index (χ2v) is 26.5.